The molecule has 1 aromatic carbocycles. The van der Waals surface area contributed by atoms with Crippen molar-refractivity contribution in [2.24, 2.45) is 11.7 Å². The number of thiophene rings is 1. The average Bonchev–Trinajstić information content (AvgIpc) is 3.54. The van der Waals surface area contributed by atoms with E-state index in [4.69, 9.17) is 16.6 Å². The molecule has 5 aromatic rings. The van der Waals surface area contributed by atoms with E-state index in [1.165, 1.54) is 6.33 Å². The molecule has 1 fully saturated rings. The third-order valence-electron chi connectivity index (χ3n) is 6.84. The molecule has 0 amide bonds. The summed E-state index contributed by atoms with van der Waals surface area (Å²) in [5.41, 5.74) is 14.6. The molecule has 4 aromatic heterocycles. The Bertz CT molecular complexity index is 1490. The summed E-state index contributed by atoms with van der Waals surface area (Å²) in [4.78, 5) is 14.3. The van der Waals surface area contributed by atoms with Gasteiger partial charge in [-0.25, -0.2) is 24.0 Å². The summed E-state index contributed by atoms with van der Waals surface area (Å²) in [6.45, 7) is 0.704. The first-order valence-electron chi connectivity index (χ1n) is 11.5. The first-order valence-corrected chi connectivity index (χ1v) is 12.3. The molecule has 1 aliphatic rings. The minimum absolute atomic E-state index is 0.167. The molecule has 7 nitrogen and oxygen atoms in total. The molecule has 34 heavy (non-hydrogen) atoms. The summed E-state index contributed by atoms with van der Waals surface area (Å²) in [5.74, 6) is 0.415. The summed E-state index contributed by atoms with van der Waals surface area (Å²) < 4.78 is 17.9. The van der Waals surface area contributed by atoms with E-state index in [9.17, 15) is 0 Å². The van der Waals surface area contributed by atoms with Gasteiger partial charge in [0, 0.05) is 10.9 Å². The number of nitrogens with two attached hydrogens (primary N) is 2. The average molecular weight is 474 g/mol. The van der Waals surface area contributed by atoms with Crippen LogP contribution in [-0.2, 0) is 0 Å². The Hall–Kier alpha value is -3.43. The first kappa shape index (κ1) is 21.1. The molecule has 0 unspecified atom stereocenters. The van der Waals surface area contributed by atoms with Crippen LogP contribution in [0.3, 0.4) is 0 Å². The fourth-order valence-corrected chi connectivity index (χ4v) is 5.66. The third kappa shape index (κ3) is 3.43. The predicted molar refractivity (Wildman–Crippen MR) is 134 cm³/mol. The number of fused-ring (bicyclic) bond motifs is 2. The fraction of sp³-hybridized carbons (Fsp3) is 0.280. The van der Waals surface area contributed by atoms with E-state index >= 15 is 4.39 Å². The summed E-state index contributed by atoms with van der Waals surface area (Å²) in [6, 6.07) is 11.5. The Balaban J connectivity index is 1.51. The number of aromatic nitrogens is 5. The van der Waals surface area contributed by atoms with Crippen molar-refractivity contribution in [1.82, 2.24) is 24.7 Å². The maximum absolute atomic E-state index is 16.0. The SMILES string of the molecule is NCC1CCC(n2nc(-c3ccc4ccc(-c5cccs5)nc4c3F)c3c(N)ncnc32)CC1. The van der Waals surface area contributed by atoms with Crippen LogP contribution < -0.4 is 11.5 Å². The number of hydrogen-bond donors (Lipinski definition) is 2. The number of halogens is 1. The van der Waals surface area contributed by atoms with Gasteiger partial charge in [0.2, 0.25) is 0 Å². The number of nitrogen functional groups attached to an aromatic ring is 1. The molecule has 0 saturated heterocycles. The van der Waals surface area contributed by atoms with Crippen LogP contribution in [0, 0.1) is 11.7 Å². The Labute approximate surface area is 199 Å². The second-order valence-corrected chi connectivity index (χ2v) is 9.78. The number of benzene rings is 1. The largest absolute Gasteiger partial charge is 0.383 e. The van der Waals surface area contributed by atoms with Crippen molar-refractivity contribution in [3.8, 4) is 21.8 Å². The molecule has 0 radical (unpaired) electrons. The molecule has 4 heterocycles. The zero-order valence-corrected chi connectivity index (χ0v) is 19.3. The molecule has 1 saturated carbocycles. The molecule has 0 atom stereocenters. The van der Waals surface area contributed by atoms with E-state index in [0.29, 0.717) is 46.1 Å². The van der Waals surface area contributed by atoms with Crippen LogP contribution in [0.15, 0.2) is 48.1 Å². The van der Waals surface area contributed by atoms with Gasteiger partial charge in [-0.05, 0) is 61.7 Å². The summed E-state index contributed by atoms with van der Waals surface area (Å²) in [5, 5.41) is 8.17. The Morgan fingerprint density at radius 1 is 1.06 bits per heavy atom. The normalized spacial score (nSPS) is 18.6. The van der Waals surface area contributed by atoms with Crippen LogP contribution in [0.2, 0.25) is 0 Å². The van der Waals surface area contributed by atoms with Gasteiger partial charge in [-0.1, -0.05) is 18.2 Å². The lowest BCUT2D eigenvalue weighted by atomic mass is 9.86. The van der Waals surface area contributed by atoms with E-state index in [0.717, 1.165) is 41.6 Å². The maximum Gasteiger partial charge on any atom is 0.164 e. The molecule has 4 N–H and O–H groups in total. The highest BCUT2D eigenvalue weighted by Gasteiger charge is 2.27. The van der Waals surface area contributed by atoms with Crippen molar-refractivity contribution < 1.29 is 4.39 Å². The van der Waals surface area contributed by atoms with Crippen molar-refractivity contribution in [2.45, 2.75) is 31.7 Å². The van der Waals surface area contributed by atoms with E-state index in [1.807, 2.05) is 40.4 Å². The second kappa shape index (κ2) is 8.41. The van der Waals surface area contributed by atoms with Crippen molar-refractivity contribution >= 4 is 39.1 Å². The van der Waals surface area contributed by atoms with Crippen molar-refractivity contribution in [3.63, 3.8) is 0 Å². The standard InChI is InChI=1S/C25H24FN7S/c26-21-17(9-5-15-6-10-18(31-22(15)21)19-2-1-11-34-19)23-20-24(28)29-13-30-25(20)33(32-23)16-7-3-14(12-27)4-8-16/h1-2,5-6,9-11,13-14,16H,3-4,7-8,12,27H2,(H2,28,29,30). The fourth-order valence-electron chi connectivity index (χ4n) is 4.96. The Morgan fingerprint density at radius 3 is 2.65 bits per heavy atom. The van der Waals surface area contributed by atoms with Gasteiger partial charge < -0.3 is 11.5 Å². The maximum atomic E-state index is 16.0. The third-order valence-corrected chi connectivity index (χ3v) is 7.74. The number of nitrogens with zero attached hydrogens (tertiary/aromatic N) is 5. The lowest BCUT2D eigenvalue weighted by Crippen LogP contribution is -2.24. The molecule has 0 spiro atoms. The molecule has 172 valence electrons. The molecular weight excluding hydrogens is 449 g/mol. The van der Waals surface area contributed by atoms with E-state index in [-0.39, 0.29) is 6.04 Å². The van der Waals surface area contributed by atoms with Gasteiger partial charge in [0.15, 0.2) is 11.5 Å². The summed E-state index contributed by atoms with van der Waals surface area (Å²) in [7, 11) is 0. The zero-order chi connectivity index (χ0) is 23.2. The smallest absolute Gasteiger partial charge is 0.164 e. The number of anilines is 1. The minimum Gasteiger partial charge on any atom is -0.383 e. The quantitative estimate of drug-likeness (QED) is 0.372. The zero-order valence-electron chi connectivity index (χ0n) is 18.5. The van der Waals surface area contributed by atoms with E-state index in [2.05, 4.69) is 15.0 Å². The van der Waals surface area contributed by atoms with Crippen LogP contribution in [0.25, 0.3) is 43.8 Å². The number of hydrogen-bond acceptors (Lipinski definition) is 7. The molecule has 9 heteroatoms. The van der Waals surface area contributed by atoms with Crippen molar-refractivity contribution in [2.75, 3.05) is 12.3 Å². The topological polar surface area (TPSA) is 109 Å². The van der Waals surface area contributed by atoms with Gasteiger partial charge in [0.1, 0.15) is 23.4 Å². The molecule has 0 bridgehead atoms. The van der Waals surface area contributed by atoms with Gasteiger partial charge in [0.25, 0.3) is 0 Å². The Morgan fingerprint density at radius 2 is 1.88 bits per heavy atom. The second-order valence-electron chi connectivity index (χ2n) is 8.83. The van der Waals surface area contributed by atoms with Crippen LogP contribution in [0.1, 0.15) is 31.7 Å². The number of pyridine rings is 1. The van der Waals surface area contributed by atoms with Crippen LogP contribution in [0.4, 0.5) is 10.2 Å². The van der Waals surface area contributed by atoms with E-state index < -0.39 is 5.82 Å². The van der Waals surface area contributed by atoms with E-state index in [1.54, 1.807) is 17.4 Å². The van der Waals surface area contributed by atoms with Crippen LogP contribution >= 0.6 is 11.3 Å². The first-order chi connectivity index (χ1) is 16.6. The molecule has 1 aliphatic carbocycles. The lowest BCUT2D eigenvalue weighted by molar-refractivity contribution is 0.269. The van der Waals surface area contributed by atoms with Crippen LogP contribution in [0.5, 0.6) is 0 Å². The molecule has 6 rings (SSSR count). The predicted octanol–water partition coefficient (Wildman–Crippen LogP) is 5.18. The van der Waals surface area contributed by atoms with Crippen molar-refractivity contribution in [1.29, 1.82) is 0 Å². The van der Waals surface area contributed by atoms with Gasteiger partial charge in [-0.15, -0.1) is 11.3 Å². The Kier molecular flexibility index (Phi) is 5.23. The highest BCUT2D eigenvalue weighted by atomic mass is 32.1. The van der Waals surface area contributed by atoms with Gasteiger partial charge >= 0.3 is 0 Å². The van der Waals surface area contributed by atoms with Gasteiger partial charge in [-0.2, -0.15) is 5.10 Å². The van der Waals surface area contributed by atoms with Crippen LogP contribution in [-0.4, -0.2) is 31.3 Å². The summed E-state index contributed by atoms with van der Waals surface area (Å²) in [6.07, 6.45) is 5.43. The van der Waals surface area contributed by atoms with Gasteiger partial charge in [-0.3, -0.25) is 0 Å². The monoisotopic (exact) mass is 473 g/mol. The van der Waals surface area contributed by atoms with Crippen molar-refractivity contribution in [3.05, 3.63) is 53.9 Å². The number of rotatable bonds is 4. The molecular formula is C25H24FN7S. The molecule has 0 aliphatic heterocycles. The highest BCUT2D eigenvalue weighted by Crippen LogP contribution is 2.39. The highest BCUT2D eigenvalue weighted by molar-refractivity contribution is 7.13. The lowest BCUT2D eigenvalue weighted by Gasteiger charge is -2.27. The van der Waals surface area contributed by atoms with Gasteiger partial charge in [0.05, 0.1) is 22.0 Å². The minimum atomic E-state index is -0.419. The summed E-state index contributed by atoms with van der Waals surface area (Å²) >= 11 is 1.57.